The van der Waals surface area contributed by atoms with E-state index in [1.165, 1.54) is 11.8 Å². The van der Waals surface area contributed by atoms with Crippen LogP contribution >= 0.6 is 23.1 Å². The number of thioether (sulfide) groups is 1. The van der Waals surface area contributed by atoms with E-state index in [1.807, 2.05) is 19.2 Å². The van der Waals surface area contributed by atoms with Gasteiger partial charge in [-0.2, -0.15) is 0 Å². The number of nitrogens with zero attached hydrogens (tertiary/aromatic N) is 1. The quantitative estimate of drug-likeness (QED) is 0.729. The first-order valence-electron chi connectivity index (χ1n) is 4.44. The van der Waals surface area contributed by atoms with Crippen molar-refractivity contribution in [3.63, 3.8) is 0 Å². The maximum Gasteiger partial charge on any atom is 0.319 e. The van der Waals surface area contributed by atoms with Gasteiger partial charge in [0.2, 0.25) is 0 Å². The minimum Gasteiger partial charge on any atom is -0.462 e. The molecule has 5 heteroatoms. The third kappa shape index (κ3) is 2.09. The highest BCUT2D eigenvalue weighted by Crippen LogP contribution is 2.33. The molecule has 1 aromatic rings. The number of aromatic nitrogens is 1. The molecule has 0 spiro atoms. The Morgan fingerprint density at radius 2 is 2.50 bits per heavy atom. The lowest BCUT2D eigenvalue weighted by Crippen LogP contribution is -2.08. The highest BCUT2D eigenvalue weighted by Gasteiger charge is 2.33. The van der Waals surface area contributed by atoms with Crippen molar-refractivity contribution in [2.75, 3.05) is 0 Å². The molecule has 14 heavy (non-hydrogen) atoms. The molecule has 3 nitrogen and oxygen atoms in total. The SMILES string of the molecule is Cc1csc(S[C@H]2C[C@@H](C)OC2=O)n1. The molecule has 0 bridgehead atoms. The van der Waals surface area contributed by atoms with Gasteiger partial charge in [-0.1, -0.05) is 11.8 Å². The van der Waals surface area contributed by atoms with Crippen molar-refractivity contribution in [1.29, 1.82) is 0 Å². The largest absolute Gasteiger partial charge is 0.462 e. The van der Waals surface area contributed by atoms with Gasteiger partial charge in [0.1, 0.15) is 11.4 Å². The van der Waals surface area contributed by atoms with Crippen molar-refractivity contribution in [2.45, 2.75) is 36.0 Å². The number of hydrogen-bond donors (Lipinski definition) is 0. The van der Waals surface area contributed by atoms with Gasteiger partial charge >= 0.3 is 5.97 Å². The zero-order valence-electron chi connectivity index (χ0n) is 8.02. The number of ether oxygens (including phenoxy) is 1. The molecule has 0 saturated carbocycles. The lowest BCUT2D eigenvalue weighted by Gasteiger charge is -2.00. The third-order valence-corrected chi connectivity index (χ3v) is 4.26. The summed E-state index contributed by atoms with van der Waals surface area (Å²) in [5, 5.41) is 1.93. The highest BCUT2D eigenvalue weighted by atomic mass is 32.2. The summed E-state index contributed by atoms with van der Waals surface area (Å²) in [6.45, 7) is 3.88. The van der Waals surface area contributed by atoms with Gasteiger partial charge in [0.15, 0.2) is 4.34 Å². The molecule has 0 aromatic carbocycles. The van der Waals surface area contributed by atoms with E-state index in [2.05, 4.69) is 4.98 Å². The van der Waals surface area contributed by atoms with Gasteiger partial charge in [-0.3, -0.25) is 4.79 Å². The Morgan fingerprint density at radius 1 is 1.71 bits per heavy atom. The molecule has 1 fully saturated rings. The summed E-state index contributed by atoms with van der Waals surface area (Å²) in [5.74, 6) is -0.102. The first-order chi connectivity index (χ1) is 6.65. The number of carbonyl (C=O) groups is 1. The standard InChI is InChI=1S/C9H11NO2S2/c1-5-4-13-9(10-5)14-7-3-6(2)12-8(7)11/h4,6-7H,3H2,1-2H3/t6-,7+/m1/s1. The molecule has 0 N–H and O–H groups in total. The topological polar surface area (TPSA) is 39.2 Å². The molecular weight excluding hydrogens is 218 g/mol. The van der Waals surface area contributed by atoms with Crippen LogP contribution in [0.5, 0.6) is 0 Å². The van der Waals surface area contributed by atoms with Gasteiger partial charge in [0.05, 0.1) is 0 Å². The zero-order chi connectivity index (χ0) is 10.1. The number of aryl methyl sites for hydroxylation is 1. The first kappa shape index (κ1) is 9.98. The monoisotopic (exact) mass is 229 g/mol. The first-order valence-corrected chi connectivity index (χ1v) is 6.20. The van der Waals surface area contributed by atoms with Gasteiger partial charge in [0, 0.05) is 17.5 Å². The van der Waals surface area contributed by atoms with Gasteiger partial charge < -0.3 is 4.74 Å². The van der Waals surface area contributed by atoms with Crippen LogP contribution in [-0.4, -0.2) is 22.3 Å². The maximum absolute atomic E-state index is 11.3. The number of esters is 1. The molecule has 2 heterocycles. The van der Waals surface area contributed by atoms with E-state index in [0.29, 0.717) is 0 Å². The van der Waals surface area contributed by atoms with Crippen LogP contribution in [0.4, 0.5) is 0 Å². The minimum atomic E-state index is -0.102. The average Bonchev–Trinajstić information content (AvgIpc) is 2.61. The minimum absolute atomic E-state index is 0.0565. The second kappa shape index (κ2) is 3.90. The Hall–Kier alpha value is -0.550. The Labute approximate surface area is 90.9 Å². The molecule has 0 aliphatic carbocycles. The van der Waals surface area contributed by atoms with Gasteiger partial charge in [-0.05, 0) is 13.8 Å². The van der Waals surface area contributed by atoms with Crippen LogP contribution in [0.2, 0.25) is 0 Å². The van der Waals surface area contributed by atoms with Crippen LogP contribution in [0, 0.1) is 6.92 Å². The van der Waals surface area contributed by atoms with Gasteiger partial charge in [-0.25, -0.2) is 4.98 Å². The number of cyclic esters (lactones) is 1. The van der Waals surface area contributed by atoms with Crippen LogP contribution in [0.3, 0.4) is 0 Å². The second-order valence-electron chi connectivity index (χ2n) is 3.34. The fraction of sp³-hybridized carbons (Fsp3) is 0.556. The molecule has 1 aromatic heterocycles. The Morgan fingerprint density at radius 3 is 3.00 bits per heavy atom. The summed E-state index contributed by atoms with van der Waals surface area (Å²) in [6.07, 6.45) is 0.850. The Bertz CT molecular complexity index is 350. The van der Waals surface area contributed by atoms with E-state index in [1.54, 1.807) is 11.3 Å². The fourth-order valence-corrected chi connectivity index (χ4v) is 3.52. The molecule has 0 radical (unpaired) electrons. The van der Waals surface area contributed by atoms with E-state index < -0.39 is 0 Å². The number of carbonyl (C=O) groups excluding carboxylic acids is 1. The van der Waals surface area contributed by atoms with E-state index in [0.717, 1.165) is 16.5 Å². The Kier molecular flexibility index (Phi) is 2.78. The summed E-state index contributed by atoms with van der Waals surface area (Å²) in [6, 6.07) is 0. The molecule has 1 saturated heterocycles. The van der Waals surface area contributed by atoms with Crippen molar-refractivity contribution < 1.29 is 9.53 Å². The van der Waals surface area contributed by atoms with Crippen molar-refractivity contribution in [3.05, 3.63) is 11.1 Å². The maximum atomic E-state index is 11.3. The molecule has 0 unspecified atom stereocenters. The lowest BCUT2D eigenvalue weighted by molar-refractivity contribution is -0.140. The normalized spacial score (nSPS) is 26.6. The summed E-state index contributed by atoms with van der Waals surface area (Å²) in [5.41, 5.74) is 1.01. The van der Waals surface area contributed by atoms with E-state index in [4.69, 9.17) is 4.74 Å². The van der Waals surface area contributed by atoms with E-state index in [-0.39, 0.29) is 17.3 Å². The summed E-state index contributed by atoms with van der Waals surface area (Å²) in [4.78, 5) is 15.6. The molecule has 1 aliphatic rings. The van der Waals surface area contributed by atoms with Crippen LogP contribution in [-0.2, 0) is 9.53 Å². The Balaban J connectivity index is 2.01. The van der Waals surface area contributed by atoms with Gasteiger partial charge in [0.25, 0.3) is 0 Å². The van der Waals surface area contributed by atoms with Gasteiger partial charge in [-0.15, -0.1) is 11.3 Å². The lowest BCUT2D eigenvalue weighted by atomic mass is 10.3. The molecule has 2 rings (SSSR count). The van der Waals surface area contributed by atoms with Crippen molar-refractivity contribution >= 4 is 29.1 Å². The van der Waals surface area contributed by atoms with E-state index >= 15 is 0 Å². The van der Waals surface area contributed by atoms with Crippen molar-refractivity contribution in [2.24, 2.45) is 0 Å². The van der Waals surface area contributed by atoms with Crippen LogP contribution in [0.1, 0.15) is 19.0 Å². The molecule has 76 valence electrons. The van der Waals surface area contributed by atoms with Crippen molar-refractivity contribution in [3.8, 4) is 0 Å². The number of hydrogen-bond acceptors (Lipinski definition) is 5. The molecule has 2 atom stereocenters. The highest BCUT2D eigenvalue weighted by molar-refractivity contribution is 8.02. The molecular formula is C9H11NO2S2. The average molecular weight is 229 g/mol. The smallest absolute Gasteiger partial charge is 0.319 e. The second-order valence-corrected chi connectivity index (χ2v) is 5.65. The van der Waals surface area contributed by atoms with Crippen LogP contribution in [0.25, 0.3) is 0 Å². The van der Waals surface area contributed by atoms with Crippen LogP contribution < -0.4 is 0 Å². The summed E-state index contributed by atoms with van der Waals surface area (Å²) >= 11 is 3.10. The fourth-order valence-electron chi connectivity index (χ4n) is 1.32. The predicted octanol–water partition coefficient (Wildman–Crippen LogP) is 2.25. The summed E-state index contributed by atoms with van der Waals surface area (Å²) in [7, 11) is 0. The van der Waals surface area contributed by atoms with Crippen molar-refractivity contribution in [1.82, 2.24) is 4.98 Å². The van der Waals surface area contributed by atoms with E-state index in [9.17, 15) is 4.79 Å². The number of rotatable bonds is 2. The zero-order valence-corrected chi connectivity index (χ0v) is 9.65. The molecule has 0 amide bonds. The third-order valence-electron chi connectivity index (χ3n) is 1.97. The number of thiazole rings is 1. The predicted molar refractivity (Wildman–Crippen MR) is 56.7 cm³/mol. The van der Waals surface area contributed by atoms with Crippen LogP contribution in [0.15, 0.2) is 9.72 Å². The molecule has 1 aliphatic heterocycles. The summed E-state index contributed by atoms with van der Waals surface area (Å²) < 4.78 is 6.03.